The van der Waals surface area contributed by atoms with E-state index < -0.39 is 5.76 Å². The van der Waals surface area contributed by atoms with Gasteiger partial charge in [-0.2, -0.15) is 0 Å². The van der Waals surface area contributed by atoms with E-state index in [-0.39, 0.29) is 5.78 Å². The fraction of sp³-hybridized carbons (Fsp3) is 0.200. The summed E-state index contributed by atoms with van der Waals surface area (Å²) >= 11 is 1.32. The van der Waals surface area contributed by atoms with Gasteiger partial charge in [0.2, 0.25) is 5.78 Å². The molecule has 0 atom stereocenters. The molecule has 0 amide bonds. The smallest absolute Gasteiger partial charge is 0.419 e. The molecule has 0 saturated heterocycles. The van der Waals surface area contributed by atoms with Crippen molar-refractivity contribution in [3.8, 4) is 5.75 Å². The average molecular weight is 303 g/mol. The van der Waals surface area contributed by atoms with Gasteiger partial charge in [0.05, 0.1) is 17.5 Å². The highest BCUT2D eigenvalue weighted by Crippen LogP contribution is 2.25. The zero-order valence-corrected chi connectivity index (χ0v) is 12.4. The Morgan fingerprint density at radius 3 is 2.86 bits per heavy atom. The van der Waals surface area contributed by atoms with Crippen LogP contribution in [0.1, 0.15) is 22.2 Å². The summed E-state index contributed by atoms with van der Waals surface area (Å²) in [6.07, 6.45) is 0. The van der Waals surface area contributed by atoms with Gasteiger partial charge in [-0.3, -0.25) is 9.36 Å². The maximum atomic E-state index is 12.4. The highest BCUT2D eigenvalue weighted by Gasteiger charge is 2.15. The minimum Gasteiger partial charge on any atom is -0.496 e. The maximum Gasteiger partial charge on any atom is 0.419 e. The van der Waals surface area contributed by atoms with Gasteiger partial charge in [0.25, 0.3) is 0 Å². The molecular formula is C15H13NO4S. The van der Waals surface area contributed by atoms with Crippen LogP contribution in [0.5, 0.6) is 5.75 Å². The van der Waals surface area contributed by atoms with E-state index >= 15 is 0 Å². The number of ether oxygens (including phenoxy) is 1. The number of hydrogen-bond donors (Lipinski definition) is 0. The summed E-state index contributed by atoms with van der Waals surface area (Å²) in [6, 6.07) is 6.75. The first-order valence-electron chi connectivity index (χ1n) is 6.44. The number of carbonyl (C=O) groups is 1. The van der Waals surface area contributed by atoms with Crippen LogP contribution in [0.25, 0.3) is 11.1 Å². The van der Waals surface area contributed by atoms with E-state index in [1.165, 1.54) is 15.9 Å². The van der Waals surface area contributed by atoms with Crippen LogP contribution in [-0.2, 0) is 6.54 Å². The molecule has 21 heavy (non-hydrogen) atoms. The zero-order chi connectivity index (χ0) is 15.0. The lowest BCUT2D eigenvalue weighted by Crippen LogP contribution is -2.11. The van der Waals surface area contributed by atoms with Crippen LogP contribution in [0.15, 0.2) is 38.9 Å². The molecule has 0 radical (unpaired) electrons. The summed E-state index contributed by atoms with van der Waals surface area (Å²) in [4.78, 5) is 24.7. The van der Waals surface area contributed by atoms with Gasteiger partial charge in [-0.25, -0.2) is 4.79 Å². The number of hydrogen-bond acceptors (Lipinski definition) is 5. The molecule has 0 bridgehead atoms. The number of thiophene rings is 1. The third kappa shape index (κ3) is 2.27. The molecule has 0 N–H and O–H groups in total. The molecule has 0 aliphatic rings. The Morgan fingerprint density at radius 1 is 1.38 bits per heavy atom. The molecule has 3 aromatic rings. The minimum absolute atomic E-state index is 0.114. The van der Waals surface area contributed by atoms with E-state index in [9.17, 15) is 9.59 Å². The van der Waals surface area contributed by atoms with Crippen molar-refractivity contribution < 1.29 is 13.9 Å². The van der Waals surface area contributed by atoms with E-state index in [4.69, 9.17) is 9.15 Å². The molecule has 1 aromatic carbocycles. The Balaban J connectivity index is 2.04. The number of benzene rings is 1. The summed E-state index contributed by atoms with van der Waals surface area (Å²) in [6.45, 7) is 2.40. The van der Waals surface area contributed by atoms with Crippen molar-refractivity contribution >= 4 is 28.2 Å². The van der Waals surface area contributed by atoms with Crippen molar-refractivity contribution in [1.29, 1.82) is 0 Å². The summed E-state index contributed by atoms with van der Waals surface area (Å²) in [5.41, 5.74) is 1.61. The number of methoxy groups -OCH3 is 1. The lowest BCUT2D eigenvalue weighted by Gasteiger charge is -1.99. The molecule has 0 aliphatic carbocycles. The second-order valence-corrected chi connectivity index (χ2v) is 5.39. The summed E-state index contributed by atoms with van der Waals surface area (Å²) in [7, 11) is 1.56. The van der Waals surface area contributed by atoms with Crippen LogP contribution in [0.3, 0.4) is 0 Å². The standard InChI is InChI=1S/C15H13NO4S/c1-3-16-11-5-4-9(6-12(11)20-15(16)18)14(17)13-7-10(19-2)8-21-13/h4-8H,3H2,1-2H3. The number of ketones is 1. The van der Waals surface area contributed by atoms with Gasteiger partial charge in [0.15, 0.2) is 5.58 Å². The third-order valence-corrected chi connectivity index (χ3v) is 4.19. The number of fused-ring (bicyclic) bond motifs is 1. The summed E-state index contributed by atoms with van der Waals surface area (Å²) in [5.74, 6) is 0.139. The number of aromatic nitrogens is 1. The predicted octanol–water partition coefficient (Wildman–Crippen LogP) is 2.92. The molecule has 0 fully saturated rings. The van der Waals surface area contributed by atoms with E-state index in [0.717, 1.165) is 0 Å². The van der Waals surface area contributed by atoms with Crippen LogP contribution < -0.4 is 10.5 Å². The van der Waals surface area contributed by atoms with Crippen LogP contribution >= 0.6 is 11.3 Å². The Kier molecular flexibility index (Phi) is 3.39. The minimum atomic E-state index is -0.408. The average Bonchev–Trinajstić information content (AvgIpc) is 3.08. The summed E-state index contributed by atoms with van der Waals surface area (Å²) < 4.78 is 11.8. The van der Waals surface area contributed by atoms with E-state index in [1.807, 2.05) is 6.92 Å². The fourth-order valence-electron chi connectivity index (χ4n) is 2.19. The van der Waals surface area contributed by atoms with Gasteiger partial charge >= 0.3 is 5.76 Å². The Hall–Kier alpha value is -2.34. The topological polar surface area (TPSA) is 61.4 Å². The maximum absolute atomic E-state index is 12.4. The molecule has 0 saturated carbocycles. The molecular weight excluding hydrogens is 290 g/mol. The Bertz CT molecular complexity index is 871. The van der Waals surface area contributed by atoms with Gasteiger partial charge < -0.3 is 9.15 Å². The molecule has 0 unspecified atom stereocenters. The van der Waals surface area contributed by atoms with Crippen LogP contribution in [-0.4, -0.2) is 17.5 Å². The lowest BCUT2D eigenvalue weighted by molar-refractivity contribution is 0.104. The van der Waals surface area contributed by atoms with E-state index in [2.05, 4.69) is 0 Å². The normalized spacial score (nSPS) is 11.0. The molecule has 0 spiro atoms. The molecule has 3 rings (SSSR count). The third-order valence-electron chi connectivity index (χ3n) is 3.28. The SMILES string of the molecule is CCn1c(=O)oc2cc(C(=O)c3cc(OC)cs3)ccc21. The first kappa shape index (κ1) is 13.6. The highest BCUT2D eigenvalue weighted by atomic mass is 32.1. The van der Waals surface area contributed by atoms with Crippen molar-refractivity contribution in [2.75, 3.05) is 7.11 Å². The number of oxazole rings is 1. The largest absolute Gasteiger partial charge is 0.496 e. The summed E-state index contributed by atoms with van der Waals surface area (Å²) in [5, 5.41) is 1.78. The van der Waals surface area contributed by atoms with Crippen LogP contribution in [0.2, 0.25) is 0 Å². The number of carbonyl (C=O) groups excluding carboxylic acids is 1. The van der Waals surface area contributed by atoms with Crippen LogP contribution in [0.4, 0.5) is 0 Å². The molecule has 2 heterocycles. The fourth-order valence-corrected chi connectivity index (χ4v) is 3.01. The van der Waals surface area contributed by atoms with Crippen molar-refractivity contribution in [1.82, 2.24) is 4.57 Å². The number of rotatable bonds is 4. The van der Waals surface area contributed by atoms with Gasteiger partial charge in [-0.1, -0.05) is 0 Å². The van der Waals surface area contributed by atoms with E-state index in [0.29, 0.717) is 33.8 Å². The molecule has 6 heteroatoms. The monoisotopic (exact) mass is 303 g/mol. The second kappa shape index (κ2) is 5.21. The molecule has 5 nitrogen and oxygen atoms in total. The Morgan fingerprint density at radius 2 is 2.19 bits per heavy atom. The lowest BCUT2D eigenvalue weighted by atomic mass is 10.1. The van der Waals surface area contributed by atoms with Crippen molar-refractivity contribution in [3.05, 3.63) is 50.6 Å². The number of aryl methyl sites for hydroxylation is 1. The quantitative estimate of drug-likeness (QED) is 0.695. The van der Waals surface area contributed by atoms with Crippen LogP contribution in [0, 0.1) is 0 Å². The predicted molar refractivity (Wildman–Crippen MR) is 80.5 cm³/mol. The van der Waals surface area contributed by atoms with Gasteiger partial charge in [-0.15, -0.1) is 11.3 Å². The van der Waals surface area contributed by atoms with Crippen molar-refractivity contribution in [3.63, 3.8) is 0 Å². The second-order valence-electron chi connectivity index (χ2n) is 4.47. The molecule has 0 aliphatic heterocycles. The van der Waals surface area contributed by atoms with Crippen molar-refractivity contribution in [2.45, 2.75) is 13.5 Å². The first-order valence-corrected chi connectivity index (χ1v) is 7.32. The van der Waals surface area contributed by atoms with Gasteiger partial charge in [0.1, 0.15) is 5.75 Å². The van der Waals surface area contributed by atoms with Gasteiger partial charge in [-0.05, 0) is 25.1 Å². The van der Waals surface area contributed by atoms with Gasteiger partial charge in [0, 0.05) is 23.6 Å². The highest BCUT2D eigenvalue weighted by molar-refractivity contribution is 7.12. The zero-order valence-electron chi connectivity index (χ0n) is 11.6. The number of nitrogens with zero attached hydrogens (tertiary/aromatic N) is 1. The van der Waals surface area contributed by atoms with Crippen molar-refractivity contribution in [2.24, 2.45) is 0 Å². The first-order chi connectivity index (χ1) is 10.1. The molecule has 108 valence electrons. The molecule has 2 aromatic heterocycles. The Labute approximate surface area is 124 Å². The van der Waals surface area contributed by atoms with E-state index in [1.54, 1.807) is 36.8 Å².